The molecule has 1 heterocycles. The van der Waals surface area contributed by atoms with Crippen LogP contribution in [-0.2, 0) is 11.2 Å². The third-order valence-corrected chi connectivity index (χ3v) is 2.14. The van der Waals surface area contributed by atoms with E-state index in [-0.39, 0.29) is 17.3 Å². The van der Waals surface area contributed by atoms with Crippen molar-refractivity contribution < 1.29 is 19.4 Å². The lowest BCUT2D eigenvalue weighted by atomic mass is 10.0. The van der Waals surface area contributed by atoms with E-state index in [1.807, 2.05) is 0 Å². The van der Waals surface area contributed by atoms with Crippen molar-refractivity contribution in [2.45, 2.75) is 12.8 Å². The van der Waals surface area contributed by atoms with Gasteiger partial charge in [-0.3, -0.25) is 4.79 Å². The van der Waals surface area contributed by atoms with E-state index in [0.29, 0.717) is 12.8 Å². The number of esters is 1. The van der Waals surface area contributed by atoms with Crippen LogP contribution in [0, 0.1) is 0 Å². The Morgan fingerprint density at radius 1 is 1.36 bits per heavy atom. The lowest BCUT2D eigenvalue weighted by Crippen LogP contribution is -2.18. The summed E-state index contributed by atoms with van der Waals surface area (Å²) in [5.74, 6) is -1.24. The summed E-state index contributed by atoms with van der Waals surface area (Å²) in [6.45, 7) is 0. The fraction of sp³-hybridized carbons (Fsp3) is 0.200. The molecule has 2 rings (SSSR count). The van der Waals surface area contributed by atoms with Gasteiger partial charge in [-0.15, -0.1) is 0 Å². The molecule has 0 saturated heterocycles. The quantitative estimate of drug-likeness (QED) is 0.537. The smallest absolute Gasteiger partial charge is 0.339 e. The van der Waals surface area contributed by atoms with Crippen molar-refractivity contribution in [1.29, 1.82) is 0 Å². The molecule has 1 aliphatic heterocycles. The minimum atomic E-state index is -1.07. The first-order valence-corrected chi connectivity index (χ1v) is 4.24. The van der Waals surface area contributed by atoms with Crippen molar-refractivity contribution in [3.63, 3.8) is 0 Å². The Labute approximate surface area is 80.1 Å². The Morgan fingerprint density at radius 2 is 2.14 bits per heavy atom. The van der Waals surface area contributed by atoms with Gasteiger partial charge in [0.15, 0.2) is 0 Å². The number of carbonyl (C=O) groups excluding carboxylic acids is 1. The highest BCUT2D eigenvalue weighted by atomic mass is 16.5. The van der Waals surface area contributed by atoms with E-state index in [4.69, 9.17) is 9.84 Å². The third-order valence-electron chi connectivity index (χ3n) is 2.14. The monoisotopic (exact) mass is 192 g/mol. The molecule has 4 nitrogen and oxygen atoms in total. The Kier molecular flexibility index (Phi) is 1.96. The SMILES string of the molecule is O=C1CCc2cccc(C(=O)O)c2O1. The summed E-state index contributed by atoms with van der Waals surface area (Å²) in [5, 5.41) is 8.84. The van der Waals surface area contributed by atoms with Crippen LogP contribution >= 0.6 is 0 Å². The van der Waals surface area contributed by atoms with Gasteiger partial charge in [-0.05, 0) is 18.1 Å². The topological polar surface area (TPSA) is 63.6 Å². The minimum Gasteiger partial charge on any atom is -0.478 e. The number of rotatable bonds is 1. The van der Waals surface area contributed by atoms with Gasteiger partial charge in [0.2, 0.25) is 0 Å². The number of carboxylic acid groups (broad SMARTS) is 1. The molecule has 72 valence electrons. The van der Waals surface area contributed by atoms with E-state index < -0.39 is 5.97 Å². The number of carbonyl (C=O) groups is 2. The number of para-hydroxylation sites is 1. The number of hydrogen-bond donors (Lipinski definition) is 1. The molecule has 0 fully saturated rings. The molecule has 0 spiro atoms. The molecule has 0 bridgehead atoms. The lowest BCUT2D eigenvalue weighted by molar-refractivity contribution is -0.135. The second kappa shape index (κ2) is 3.14. The molecular weight excluding hydrogens is 184 g/mol. The maximum Gasteiger partial charge on any atom is 0.339 e. The number of benzene rings is 1. The Balaban J connectivity index is 2.54. The number of aromatic carboxylic acids is 1. The highest BCUT2D eigenvalue weighted by molar-refractivity contribution is 5.93. The molecule has 1 aromatic carbocycles. The average molecular weight is 192 g/mol. The molecule has 14 heavy (non-hydrogen) atoms. The zero-order chi connectivity index (χ0) is 10.1. The predicted molar refractivity (Wildman–Crippen MR) is 47.4 cm³/mol. The van der Waals surface area contributed by atoms with Crippen LogP contribution in [0.4, 0.5) is 0 Å². The zero-order valence-corrected chi connectivity index (χ0v) is 7.32. The van der Waals surface area contributed by atoms with Crippen LogP contribution in [0.2, 0.25) is 0 Å². The first-order chi connectivity index (χ1) is 6.68. The van der Waals surface area contributed by atoms with E-state index in [1.54, 1.807) is 12.1 Å². The van der Waals surface area contributed by atoms with Crippen LogP contribution in [0.25, 0.3) is 0 Å². The van der Waals surface area contributed by atoms with Gasteiger partial charge in [0, 0.05) is 0 Å². The first-order valence-electron chi connectivity index (χ1n) is 4.24. The molecule has 0 amide bonds. The molecule has 0 saturated carbocycles. The highest BCUT2D eigenvalue weighted by Gasteiger charge is 2.22. The molecule has 0 aromatic heterocycles. The number of hydrogen-bond acceptors (Lipinski definition) is 3. The molecule has 0 atom stereocenters. The molecule has 0 unspecified atom stereocenters. The van der Waals surface area contributed by atoms with Crippen molar-refractivity contribution >= 4 is 11.9 Å². The maximum atomic E-state index is 11.0. The second-order valence-corrected chi connectivity index (χ2v) is 3.07. The standard InChI is InChI=1S/C10H8O4/c11-8-5-4-6-2-1-3-7(10(12)13)9(6)14-8/h1-3H,4-5H2,(H,12,13). The summed E-state index contributed by atoms with van der Waals surface area (Å²) in [6, 6.07) is 4.86. The number of aryl methyl sites for hydroxylation is 1. The summed E-state index contributed by atoms with van der Waals surface area (Å²) >= 11 is 0. The third kappa shape index (κ3) is 1.35. The zero-order valence-electron chi connectivity index (χ0n) is 7.32. The summed E-state index contributed by atoms with van der Waals surface area (Å²) in [7, 11) is 0. The van der Waals surface area contributed by atoms with Gasteiger partial charge >= 0.3 is 11.9 Å². The van der Waals surface area contributed by atoms with Gasteiger partial charge < -0.3 is 9.84 Å². The minimum absolute atomic E-state index is 0.0514. The molecule has 1 aromatic rings. The molecule has 1 N–H and O–H groups in total. The van der Waals surface area contributed by atoms with E-state index in [0.717, 1.165) is 5.56 Å². The fourth-order valence-electron chi connectivity index (χ4n) is 1.47. The van der Waals surface area contributed by atoms with Crippen molar-refractivity contribution in [2.75, 3.05) is 0 Å². The number of carboxylic acids is 1. The summed E-state index contributed by atoms with van der Waals surface area (Å²) in [5.41, 5.74) is 0.833. The maximum absolute atomic E-state index is 11.0. The van der Waals surface area contributed by atoms with Gasteiger partial charge in [0.05, 0.1) is 6.42 Å². The van der Waals surface area contributed by atoms with E-state index in [9.17, 15) is 9.59 Å². The van der Waals surface area contributed by atoms with Crippen molar-refractivity contribution in [3.05, 3.63) is 29.3 Å². The Hall–Kier alpha value is -1.84. The van der Waals surface area contributed by atoms with Crippen LogP contribution in [0.1, 0.15) is 22.3 Å². The lowest BCUT2D eigenvalue weighted by Gasteiger charge is -2.16. The van der Waals surface area contributed by atoms with E-state index in [2.05, 4.69) is 0 Å². The van der Waals surface area contributed by atoms with Crippen LogP contribution in [0.3, 0.4) is 0 Å². The fourth-order valence-corrected chi connectivity index (χ4v) is 1.47. The van der Waals surface area contributed by atoms with Gasteiger partial charge in [-0.1, -0.05) is 12.1 Å². The number of fused-ring (bicyclic) bond motifs is 1. The van der Waals surface area contributed by atoms with Gasteiger partial charge in [0.25, 0.3) is 0 Å². The second-order valence-electron chi connectivity index (χ2n) is 3.07. The number of ether oxygens (including phenoxy) is 1. The Morgan fingerprint density at radius 3 is 2.86 bits per heavy atom. The van der Waals surface area contributed by atoms with E-state index in [1.165, 1.54) is 6.07 Å². The van der Waals surface area contributed by atoms with Crippen LogP contribution in [0.5, 0.6) is 5.75 Å². The molecule has 4 heteroatoms. The van der Waals surface area contributed by atoms with Crippen LogP contribution < -0.4 is 4.74 Å². The van der Waals surface area contributed by atoms with Crippen molar-refractivity contribution in [1.82, 2.24) is 0 Å². The molecule has 0 aliphatic carbocycles. The first kappa shape index (κ1) is 8.74. The van der Waals surface area contributed by atoms with Crippen LogP contribution in [0.15, 0.2) is 18.2 Å². The van der Waals surface area contributed by atoms with Gasteiger partial charge in [0.1, 0.15) is 11.3 Å². The molecular formula is C10H8O4. The summed E-state index contributed by atoms with van der Waals surface area (Å²) < 4.78 is 4.90. The van der Waals surface area contributed by atoms with Gasteiger partial charge in [-0.25, -0.2) is 4.79 Å². The van der Waals surface area contributed by atoms with E-state index >= 15 is 0 Å². The van der Waals surface area contributed by atoms with Crippen molar-refractivity contribution in [3.8, 4) is 5.75 Å². The average Bonchev–Trinajstić information content (AvgIpc) is 2.16. The van der Waals surface area contributed by atoms with Crippen molar-refractivity contribution in [2.24, 2.45) is 0 Å². The molecule has 1 aliphatic rings. The largest absolute Gasteiger partial charge is 0.478 e. The normalized spacial score (nSPS) is 14.4. The summed E-state index contributed by atoms with van der Waals surface area (Å²) in [4.78, 5) is 21.8. The summed E-state index contributed by atoms with van der Waals surface area (Å²) in [6.07, 6.45) is 0.866. The predicted octanol–water partition coefficient (Wildman–Crippen LogP) is 1.24. The van der Waals surface area contributed by atoms with Gasteiger partial charge in [-0.2, -0.15) is 0 Å². The van der Waals surface area contributed by atoms with Crippen LogP contribution in [-0.4, -0.2) is 17.0 Å². The molecule has 0 radical (unpaired) electrons. The highest BCUT2D eigenvalue weighted by Crippen LogP contribution is 2.29. The Bertz CT molecular complexity index is 409.